The maximum atomic E-state index is 14.7. The van der Waals surface area contributed by atoms with Crippen molar-refractivity contribution in [3.8, 4) is 11.5 Å². The second-order valence-corrected chi connectivity index (χ2v) is 9.39. The third-order valence-corrected chi connectivity index (χ3v) is 7.44. The number of aromatic nitrogens is 1. The Hall–Kier alpha value is -3.56. The second-order valence-electron chi connectivity index (χ2n) is 7.36. The van der Waals surface area contributed by atoms with Gasteiger partial charge in [-0.1, -0.05) is 60.7 Å². The summed E-state index contributed by atoms with van der Waals surface area (Å²) in [6.45, 7) is 1.91. The zero-order valence-corrected chi connectivity index (χ0v) is 17.8. The molecule has 1 N–H and O–H groups in total. The van der Waals surface area contributed by atoms with Crippen LogP contribution in [-0.2, 0) is 9.85 Å². The summed E-state index contributed by atoms with van der Waals surface area (Å²) >= 11 is 0. The van der Waals surface area contributed by atoms with Crippen molar-refractivity contribution in [1.29, 1.82) is 0 Å². The van der Waals surface area contributed by atoms with Crippen LogP contribution in [0.25, 0.3) is 0 Å². The molecule has 1 aromatic heterocycles. The lowest BCUT2D eigenvalue weighted by atomic mass is 10.3. The highest BCUT2D eigenvalue weighted by Crippen LogP contribution is 2.74. The maximum Gasteiger partial charge on any atom is 0.467 e. The van der Waals surface area contributed by atoms with Gasteiger partial charge >= 0.3 is 7.60 Å². The minimum atomic E-state index is -3.90. The summed E-state index contributed by atoms with van der Waals surface area (Å²) in [4.78, 5) is 4.67. The van der Waals surface area contributed by atoms with Gasteiger partial charge in [0.05, 0.1) is 5.69 Å². The number of aryl methyl sites for hydroxylation is 1. The summed E-state index contributed by atoms with van der Waals surface area (Å²) in [5.41, 5.74) is 3.11. The summed E-state index contributed by atoms with van der Waals surface area (Å²) in [5.74, 6) is 0.927. The third-order valence-electron chi connectivity index (χ3n) is 5.15. The third kappa shape index (κ3) is 3.47. The number of nitrogens with zero attached hydrogens (tertiary/aromatic N) is 1. The van der Waals surface area contributed by atoms with Gasteiger partial charge in [-0.15, -0.1) is 0 Å². The van der Waals surface area contributed by atoms with Gasteiger partial charge < -0.3 is 14.4 Å². The second kappa shape index (κ2) is 7.60. The molecular weight excluding hydrogens is 407 g/mol. The molecule has 0 bridgehead atoms. The van der Waals surface area contributed by atoms with Gasteiger partial charge in [0.1, 0.15) is 11.5 Å². The SMILES string of the molecule is Cc1ccc2c(n1)C2(Nc1ccccc1)P(=O)(Oc1ccccc1)Oc1ccccc1. The lowest BCUT2D eigenvalue weighted by Crippen LogP contribution is -2.27. The Morgan fingerprint density at radius 1 is 0.742 bits per heavy atom. The Balaban J connectivity index is 1.64. The van der Waals surface area contributed by atoms with Crippen molar-refractivity contribution in [3.63, 3.8) is 0 Å². The van der Waals surface area contributed by atoms with E-state index in [4.69, 9.17) is 9.05 Å². The van der Waals surface area contributed by atoms with Gasteiger partial charge in [-0.2, -0.15) is 0 Å². The highest BCUT2D eigenvalue weighted by molar-refractivity contribution is 7.57. The van der Waals surface area contributed by atoms with Gasteiger partial charge in [-0.3, -0.25) is 4.98 Å². The number of pyridine rings is 1. The fraction of sp³-hybridized carbons (Fsp3) is 0.0800. The van der Waals surface area contributed by atoms with Crippen molar-refractivity contribution in [2.24, 2.45) is 0 Å². The monoisotopic (exact) mass is 428 g/mol. The predicted molar refractivity (Wildman–Crippen MR) is 122 cm³/mol. The van der Waals surface area contributed by atoms with E-state index in [-0.39, 0.29) is 0 Å². The maximum absolute atomic E-state index is 14.7. The van der Waals surface area contributed by atoms with Crippen molar-refractivity contribution in [3.05, 3.63) is 120 Å². The van der Waals surface area contributed by atoms with E-state index in [1.807, 2.05) is 85.8 Å². The molecule has 1 unspecified atom stereocenters. The molecule has 0 saturated heterocycles. The van der Waals surface area contributed by atoms with E-state index in [0.717, 1.165) is 16.9 Å². The van der Waals surface area contributed by atoms with Crippen LogP contribution < -0.4 is 14.4 Å². The van der Waals surface area contributed by atoms with Crippen LogP contribution in [0.3, 0.4) is 0 Å². The first kappa shape index (κ1) is 19.4. The van der Waals surface area contributed by atoms with Crippen molar-refractivity contribution < 1.29 is 13.6 Å². The van der Waals surface area contributed by atoms with Crippen molar-refractivity contribution in [2.45, 2.75) is 12.2 Å². The Labute approximate surface area is 181 Å². The fourth-order valence-corrected chi connectivity index (χ4v) is 5.86. The lowest BCUT2D eigenvalue weighted by Gasteiger charge is -2.29. The van der Waals surface area contributed by atoms with E-state index in [1.54, 1.807) is 24.3 Å². The molecule has 0 fully saturated rings. The molecule has 0 radical (unpaired) electrons. The summed E-state index contributed by atoms with van der Waals surface area (Å²) in [6, 6.07) is 31.6. The molecule has 4 aromatic rings. The van der Waals surface area contributed by atoms with Crippen LogP contribution in [0.15, 0.2) is 103 Å². The van der Waals surface area contributed by atoms with Crippen LogP contribution in [0, 0.1) is 6.92 Å². The number of nitrogens with one attached hydrogen (secondary N) is 1. The molecule has 6 heteroatoms. The van der Waals surface area contributed by atoms with Crippen LogP contribution in [-0.4, -0.2) is 4.98 Å². The van der Waals surface area contributed by atoms with E-state index in [1.165, 1.54) is 0 Å². The lowest BCUT2D eigenvalue weighted by molar-refractivity contribution is 0.370. The van der Waals surface area contributed by atoms with Gasteiger partial charge in [0, 0.05) is 16.9 Å². The Bertz CT molecular complexity index is 1200. The molecule has 154 valence electrons. The van der Waals surface area contributed by atoms with Crippen LogP contribution in [0.2, 0.25) is 0 Å². The molecule has 3 aromatic carbocycles. The molecule has 1 aliphatic carbocycles. The van der Waals surface area contributed by atoms with Gasteiger partial charge in [-0.25, -0.2) is 4.57 Å². The smallest absolute Gasteiger partial charge is 0.414 e. The predicted octanol–water partition coefficient (Wildman–Crippen LogP) is 6.37. The molecule has 5 nitrogen and oxygen atoms in total. The molecule has 1 heterocycles. The van der Waals surface area contributed by atoms with Crippen molar-refractivity contribution in [1.82, 2.24) is 4.98 Å². The Kier molecular flexibility index (Phi) is 4.76. The van der Waals surface area contributed by atoms with Crippen molar-refractivity contribution in [2.75, 3.05) is 5.32 Å². The minimum absolute atomic E-state index is 0.463. The van der Waals surface area contributed by atoms with Gasteiger partial charge in [0.2, 0.25) is 5.28 Å². The molecule has 0 saturated carbocycles. The number of hydrogen-bond acceptors (Lipinski definition) is 5. The van der Waals surface area contributed by atoms with E-state index in [9.17, 15) is 4.57 Å². The van der Waals surface area contributed by atoms with Gasteiger partial charge in [-0.05, 0) is 49.4 Å². The summed E-state index contributed by atoms with van der Waals surface area (Å²) < 4.78 is 27.0. The van der Waals surface area contributed by atoms with E-state index in [2.05, 4.69) is 10.3 Å². The van der Waals surface area contributed by atoms with Crippen LogP contribution in [0.1, 0.15) is 17.0 Å². The topological polar surface area (TPSA) is 60.5 Å². The fourth-order valence-electron chi connectivity index (χ4n) is 3.63. The average Bonchev–Trinajstić information content (AvgIpc) is 3.43. The number of rotatable bonds is 7. The molecule has 0 aliphatic heterocycles. The Morgan fingerprint density at radius 2 is 1.26 bits per heavy atom. The molecule has 1 atom stereocenters. The van der Waals surface area contributed by atoms with E-state index < -0.39 is 12.9 Å². The zero-order valence-electron chi connectivity index (χ0n) is 16.9. The van der Waals surface area contributed by atoms with Crippen LogP contribution >= 0.6 is 7.60 Å². The highest BCUT2D eigenvalue weighted by Gasteiger charge is 2.70. The molecule has 31 heavy (non-hydrogen) atoms. The van der Waals surface area contributed by atoms with E-state index >= 15 is 0 Å². The summed E-state index contributed by atoms with van der Waals surface area (Å²) in [7, 11) is -3.90. The van der Waals surface area contributed by atoms with E-state index in [0.29, 0.717) is 17.2 Å². The molecule has 0 amide bonds. The average molecular weight is 428 g/mol. The van der Waals surface area contributed by atoms with Crippen molar-refractivity contribution >= 4 is 13.3 Å². The Morgan fingerprint density at radius 3 is 1.77 bits per heavy atom. The molecular formula is C25H21N2O3P. The quantitative estimate of drug-likeness (QED) is 0.347. The molecule has 1 aliphatic rings. The largest absolute Gasteiger partial charge is 0.467 e. The minimum Gasteiger partial charge on any atom is -0.414 e. The first-order valence-corrected chi connectivity index (χ1v) is 11.6. The first-order chi connectivity index (χ1) is 15.1. The zero-order chi connectivity index (χ0) is 21.3. The number of benzene rings is 3. The van der Waals surface area contributed by atoms with Gasteiger partial charge in [0.15, 0.2) is 0 Å². The van der Waals surface area contributed by atoms with Gasteiger partial charge in [0.25, 0.3) is 0 Å². The summed E-state index contributed by atoms with van der Waals surface area (Å²) in [6.07, 6.45) is 0. The highest BCUT2D eigenvalue weighted by atomic mass is 31.2. The number of hydrogen-bond donors (Lipinski definition) is 1. The number of anilines is 1. The standard InChI is InChI=1S/C25H21N2O3P/c1-19-17-18-23-24(26-19)25(23,27-20-11-5-2-6-12-20)31(28,29-21-13-7-3-8-14-21)30-22-15-9-4-10-16-22/h2-18,27H,1H3. The van der Waals surface area contributed by atoms with Crippen LogP contribution in [0.5, 0.6) is 11.5 Å². The molecule has 5 rings (SSSR count). The number of para-hydroxylation sites is 3. The molecule has 0 spiro atoms. The van der Waals surface area contributed by atoms with Crippen LogP contribution in [0.4, 0.5) is 5.69 Å². The summed E-state index contributed by atoms with van der Waals surface area (Å²) in [5, 5.41) is 2.24. The normalized spacial score (nSPS) is 16.8. The first-order valence-electron chi connectivity index (χ1n) is 10.0. The number of fused-ring (bicyclic) bond motifs is 1.